The van der Waals surface area contributed by atoms with Crippen molar-refractivity contribution in [1.82, 2.24) is 15.0 Å². The normalized spacial score (nSPS) is 24.3. The molecule has 2 aromatic carbocycles. The van der Waals surface area contributed by atoms with Gasteiger partial charge in [-0.1, -0.05) is 17.3 Å². The summed E-state index contributed by atoms with van der Waals surface area (Å²) in [5, 5.41) is 5.00. The maximum absolute atomic E-state index is 13.8. The van der Waals surface area contributed by atoms with Crippen molar-refractivity contribution in [2.75, 3.05) is 57.4 Å². The van der Waals surface area contributed by atoms with Crippen molar-refractivity contribution in [2.45, 2.75) is 31.5 Å². The van der Waals surface area contributed by atoms with Crippen LogP contribution in [0.5, 0.6) is 5.75 Å². The number of nitrogens with zero attached hydrogens (tertiary/aromatic N) is 4. The van der Waals surface area contributed by atoms with Crippen molar-refractivity contribution in [3.63, 3.8) is 0 Å². The van der Waals surface area contributed by atoms with Gasteiger partial charge in [-0.2, -0.15) is 0 Å². The summed E-state index contributed by atoms with van der Waals surface area (Å²) in [6.07, 6.45) is 2.29. The molecular formula is C26H31FN4O3. The first-order chi connectivity index (χ1) is 16.7. The molecule has 7 nitrogen and oxygen atoms in total. The number of fused-ring (bicyclic) bond motifs is 2. The lowest BCUT2D eigenvalue weighted by Crippen LogP contribution is -2.58. The van der Waals surface area contributed by atoms with E-state index in [9.17, 15) is 4.39 Å². The Morgan fingerprint density at radius 3 is 2.82 bits per heavy atom. The van der Waals surface area contributed by atoms with E-state index < -0.39 is 0 Å². The van der Waals surface area contributed by atoms with Crippen molar-refractivity contribution in [3.8, 4) is 5.75 Å². The lowest BCUT2D eigenvalue weighted by molar-refractivity contribution is 0.0338. The topological polar surface area (TPSA) is 54.2 Å². The fraction of sp³-hybridized carbons (Fsp3) is 0.500. The van der Waals surface area contributed by atoms with Crippen LogP contribution in [0.2, 0.25) is 0 Å². The largest absolute Gasteiger partial charge is 0.489 e. The number of piperazine rings is 1. The Kier molecular flexibility index (Phi) is 6.11. The molecular weight excluding hydrogens is 435 g/mol. The van der Waals surface area contributed by atoms with Crippen molar-refractivity contribution >= 4 is 16.8 Å². The zero-order chi connectivity index (χ0) is 22.9. The number of halogens is 1. The van der Waals surface area contributed by atoms with Crippen molar-refractivity contribution in [3.05, 3.63) is 53.8 Å². The quantitative estimate of drug-likeness (QED) is 0.570. The Morgan fingerprint density at radius 2 is 1.91 bits per heavy atom. The van der Waals surface area contributed by atoms with Crippen LogP contribution >= 0.6 is 0 Å². The van der Waals surface area contributed by atoms with Gasteiger partial charge in [0.15, 0.2) is 11.4 Å². The minimum atomic E-state index is -0.262. The smallest absolute Gasteiger partial charge is 0.180 e. The number of anilines is 1. The summed E-state index contributed by atoms with van der Waals surface area (Å²) in [6.45, 7) is 8.13. The van der Waals surface area contributed by atoms with Crippen LogP contribution in [0.1, 0.15) is 18.4 Å². The molecule has 0 radical (unpaired) electrons. The maximum atomic E-state index is 13.8. The molecule has 180 valence electrons. The number of hydrogen-bond acceptors (Lipinski definition) is 7. The number of morpholine rings is 1. The van der Waals surface area contributed by atoms with Gasteiger partial charge >= 0.3 is 0 Å². The molecule has 3 aliphatic heterocycles. The Bertz CT molecular complexity index is 1130. The Balaban J connectivity index is 1.06. The number of hydrogen-bond donors (Lipinski definition) is 0. The minimum Gasteiger partial charge on any atom is -0.489 e. The van der Waals surface area contributed by atoms with Crippen LogP contribution < -0.4 is 9.64 Å². The molecule has 0 aliphatic carbocycles. The van der Waals surface area contributed by atoms with Crippen LogP contribution in [0, 0.1) is 5.82 Å². The van der Waals surface area contributed by atoms with Gasteiger partial charge in [-0.3, -0.25) is 9.80 Å². The highest BCUT2D eigenvalue weighted by Crippen LogP contribution is 2.31. The number of aromatic nitrogens is 1. The van der Waals surface area contributed by atoms with Gasteiger partial charge in [-0.05, 0) is 48.7 Å². The highest BCUT2D eigenvalue weighted by atomic mass is 19.1. The maximum Gasteiger partial charge on any atom is 0.180 e. The molecule has 1 aromatic heterocycles. The van der Waals surface area contributed by atoms with E-state index in [4.69, 9.17) is 14.0 Å². The van der Waals surface area contributed by atoms with Crippen LogP contribution in [0.25, 0.3) is 11.0 Å². The van der Waals surface area contributed by atoms with E-state index >= 15 is 0 Å². The Hall–Kier alpha value is -2.68. The van der Waals surface area contributed by atoms with E-state index in [-0.39, 0.29) is 11.9 Å². The zero-order valence-electron chi connectivity index (χ0n) is 19.4. The lowest BCUT2D eigenvalue weighted by Gasteiger charge is -2.46. The molecule has 3 saturated heterocycles. The third-order valence-electron chi connectivity index (χ3n) is 7.29. The monoisotopic (exact) mass is 466 g/mol. The van der Waals surface area contributed by atoms with Crippen LogP contribution in [0.15, 0.2) is 47.0 Å². The summed E-state index contributed by atoms with van der Waals surface area (Å²) in [5.41, 5.74) is 1.92. The highest BCUT2D eigenvalue weighted by Gasteiger charge is 2.35. The van der Waals surface area contributed by atoms with Gasteiger partial charge in [-0.25, -0.2) is 4.39 Å². The molecule has 34 heavy (non-hydrogen) atoms. The molecule has 0 bridgehead atoms. The first-order valence-corrected chi connectivity index (χ1v) is 12.3. The second-order valence-corrected chi connectivity index (χ2v) is 9.59. The molecule has 0 unspecified atom stereocenters. The van der Waals surface area contributed by atoms with Crippen molar-refractivity contribution in [2.24, 2.45) is 0 Å². The van der Waals surface area contributed by atoms with Gasteiger partial charge in [0.2, 0.25) is 0 Å². The van der Waals surface area contributed by atoms with Gasteiger partial charge in [0.25, 0.3) is 0 Å². The second kappa shape index (κ2) is 9.52. The average molecular weight is 467 g/mol. The molecule has 3 aliphatic rings. The van der Waals surface area contributed by atoms with E-state index in [0.717, 1.165) is 88.8 Å². The summed E-state index contributed by atoms with van der Waals surface area (Å²) in [4.78, 5) is 7.20. The summed E-state index contributed by atoms with van der Waals surface area (Å²) in [5.74, 6) is 1.45. The van der Waals surface area contributed by atoms with Gasteiger partial charge in [0, 0.05) is 51.9 Å². The average Bonchev–Trinajstić information content (AvgIpc) is 3.28. The molecule has 0 amide bonds. The molecule has 0 N–H and O–H groups in total. The Morgan fingerprint density at radius 1 is 1.00 bits per heavy atom. The number of piperidine rings is 1. The van der Waals surface area contributed by atoms with Gasteiger partial charge in [0.05, 0.1) is 18.6 Å². The van der Waals surface area contributed by atoms with E-state index in [1.165, 1.54) is 17.7 Å². The van der Waals surface area contributed by atoms with Gasteiger partial charge < -0.3 is 18.9 Å². The lowest BCUT2D eigenvalue weighted by atomic mass is 9.97. The van der Waals surface area contributed by atoms with Crippen LogP contribution in [0.4, 0.5) is 10.2 Å². The zero-order valence-corrected chi connectivity index (χ0v) is 19.4. The third-order valence-corrected chi connectivity index (χ3v) is 7.29. The molecule has 4 heterocycles. The molecule has 6 rings (SSSR count). The fourth-order valence-corrected chi connectivity index (χ4v) is 5.48. The van der Waals surface area contributed by atoms with Crippen LogP contribution in [0.3, 0.4) is 0 Å². The predicted molar refractivity (Wildman–Crippen MR) is 128 cm³/mol. The molecule has 8 heteroatoms. The van der Waals surface area contributed by atoms with E-state index in [1.807, 2.05) is 0 Å². The van der Waals surface area contributed by atoms with Gasteiger partial charge in [0.1, 0.15) is 17.7 Å². The first-order valence-electron chi connectivity index (χ1n) is 12.3. The summed E-state index contributed by atoms with van der Waals surface area (Å²) in [7, 11) is 0. The van der Waals surface area contributed by atoms with E-state index in [0.29, 0.717) is 11.6 Å². The highest BCUT2D eigenvalue weighted by molar-refractivity contribution is 5.88. The van der Waals surface area contributed by atoms with E-state index in [2.05, 4.69) is 44.1 Å². The molecule has 0 spiro atoms. The minimum absolute atomic E-state index is 0.198. The third kappa shape index (κ3) is 4.62. The Labute approximate surface area is 199 Å². The standard InChI is InChI=1S/C26H31FN4O3/c27-20-4-7-25-24(15-20)26(28-34-25)31-9-8-30-18-23(6-5-21(30)17-31)33-22-3-1-2-19(14-22)16-29-10-12-32-13-11-29/h1-4,7,14-15,21,23H,5-6,8-13,16-18H2/t21-,23+/m0/s1. The molecule has 3 aromatic rings. The molecule has 2 atom stereocenters. The summed E-state index contributed by atoms with van der Waals surface area (Å²) in [6, 6.07) is 13.6. The van der Waals surface area contributed by atoms with Crippen molar-refractivity contribution < 1.29 is 18.4 Å². The van der Waals surface area contributed by atoms with E-state index in [1.54, 1.807) is 6.07 Å². The predicted octanol–water partition coefficient (Wildman–Crippen LogP) is 3.53. The van der Waals surface area contributed by atoms with Gasteiger partial charge in [-0.15, -0.1) is 0 Å². The molecule has 0 saturated carbocycles. The number of ether oxygens (including phenoxy) is 2. The van der Waals surface area contributed by atoms with Crippen LogP contribution in [-0.4, -0.2) is 79.6 Å². The fourth-order valence-electron chi connectivity index (χ4n) is 5.48. The SMILES string of the molecule is Fc1ccc2onc(N3CCN4C[C@H](Oc5cccc(CN6CCOCC6)c5)CC[C@H]4C3)c2c1. The molecule has 3 fully saturated rings. The number of rotatable bonds is 5. The summed E-state index contributed by atoms with van der Waals surface area (Å²) >= 11 is 0. The second-order valence-electron chi connectivity index (χ2n) is 9.59. The van der Waals surface area contributed by atoms with Crippen LogP contribution in [-0.2, 0) is 11.3 Å². The number of benzene rings is 2. The first kappa shape index (κ1) is 21.8. The summed E-state index contributed by atoms with van der Waals surface area (Å²) < 4.78 is 31.1. The van der Waals surface area contributed by atoms with Crippen molar-refractivity contribution in [1.29, 1.82) is 0 Å².